The molecule has 1 aromatic carbocycles. The van der Waals surface area contributed by atoms with E-state index in [9.17, 15) is 4.79 Å². The highest BCUT2D eigenvalue weighted by Crippen LogP contribution is 2.41. The lowest BCUT2D eigenvalue weighted by atomic mass is 9.92. The van der Waals surface area contributed by atoms with Gasteiger partial charge in [-0.1, -0.05) is 30.3 Å². The maximum Gasteiger partial charge on any atom is 0.308 e. The zero-order valence-corrected chi connectivity index (χ0v) is 14.4. The topological polar surface area (TPSA) is 66.2 Å². The van der Waals surface area contributed by atoms with Crippen molar-refractivity contribution in [1.82, 2.24) is 14.8 Å². The fourth-order valence-corrected chi connectivity index (χ4v) is 4.01. The Bertz CT molecular complexity index is 744. The van der Waals surface area contributed by atoms with Gasteiger partial charge in [-0.3, -0.25) is 4.79 Å². The number of rotatable bonds is 3. The van der Waals surface area contributed by atoms with Crippen LogP contribution in [0.5, 0.6) is 0 Å². The Morgan fingerprint density at radius 2 is 2.04 bits per heavy atom. The van der Waals surface area contributed by atoms with Gasteiger partial charge in [0.05, 0.1) is 13.0 Å². The van der Waals surface area contributed by atoms with Crippen LogP contribution in [0.15, 0.2) is 30.3 Å². The van der Waals surface area contributed by atoms with Gasteiger partial charge in [-0.2, -0.15) is 0 Å². The van der Waals surface area contributed by atoms with Crippen LogP contribution in [-0.2, 0) is 27.2 Å². The number of aryl methyl sites for hydroxylation is 1. The van der Waals surface area contributed by atoms with Crippen LogP contribution in [-0.4, -0.2) is 34.5 Å². The summed E-state index contributed by atoms with van der Waals surface area (Å²) in [6.45, 7) is 1.47. The van der Waals surface area contributed by atoms with Crippen molar-refractivity contribution in [2.45, 2.75) is 44.2 Å². The fourth-order valence-electron chi connectivity index (χ4n) is 4.01. The lowest BCUT2D eigenvalue weighted by molar-refractivity contribution is -0.145. The lowest BCUT2D eigenvalue weighted by Crippen LogP contribution is -2.18. The smallest absolute Gasteiger partial charge is 0.308 e. The summed E-state index contributed by atoms with van der Waals surface area (Å²) < 4.78 is 13.1. The summed E-state index contributed by atoms with van der Waals surface area (Å²) in [5, 5.41) is 8.85. The van der Waals surface area contributed by atoms with Crippen molar-refractivity contribution in [2.75, 3.05) is 13.7 Å². The van der Waals surface area contributed by atoms with Gasteiger partial charge in [-0.15, -0.1) is 10.2 Å². The molecule has 1 saturated heterocycles. The van der Waals surface area contributed by atoms with Crippen LogP contribution in [0.1, 0.15) is 48.5 Å². The van der Waals surface area contributed by atoms with E-state index >= 15 is 0 Å². The van der Waals surface area contributed by atoms with Gasteiger partial charge < -0.3 is 14.0 Å². The van der Waals surface area contributed by atoms with Crippen LogP contribution in [0.25, 0.3) is 0 Å². The van der Waals surface area contributed by atoms with E-state index in [0.717, 1.165) is 50.5 Å². The Morgan fingerprint density at radius 3 is 2.84 bits per heavy atom. The monoisotopic (exact) mass is 341 g/mol. The molecule has 2 aromatic rings. The van der Waals surface area contributed by atoms with E-state index in [1.807, 2.05) is 6.07 Å². The number of ether oxygens (including phenoxy) is 2. The Labute approximate surface area is 147 Å². The number of methoxy groups -OCH3 is 1. The maximum absolute atomic E-state index is 11.9. The van der Waals surface area contributed by atoms with Crippen molar-refractivity contribution >= 4 is 5.97 Å². The molecule has 0 amide bonds. The van der Waals surface area contributed by atoms with Crippen molar-refractivity contribution < 1.29 is 14.3 Å². The van der Waals surface area contributed by atoms with Crippen molar-refractivity contribution in [1.29, 1.82) is 0 Å². The minimum Gasteiger partial charge on any atom is -0.469 e. The first-order valence-corrected chi connectivity index (χ1v) is 8.94. The van der Waals surface area contributed by atoms with E-state index in [2.05, 4.69) is 39.0 Å². The van der Waals surface area contributed by atoms with E-state index in [4.69, 9.17) is 9.47 Å². The molecule has 132 valence electrons. The number of benzene rings is 1. The van der Waals surface area contributed by atoms with Crippen molar-refractivity contribution in [2.24, 2.45) is 5.92 Å². The fraction of sp³-hybridized carbons (Fsp3) is 0.526. The molecule has 2 aliphatic rings. The normalized spacial score (nSPS) is 26.0. The standard InChI is InChI=1S/C19H23N3O3/c1-24-19(23)14-7-8-16-20-21-18(22(16)11-9-14)17-15(10-12-25-17)13-5-3-2-4-6-13/h2-6,14-15,17H,7-12H2,1H3/t14?,15-,17-/m0/s1. The van der Waals surface area contributed by atoms with Crippen LogP contribution in [0, 0.1) is 5.92 Å². The highest BCUT2D eigenvalue weighted by molar-refractivity contribution is 5.72. The highest BCUT2D eigenvalue weighted by Gasteiger charge is 2.36. The third-order valence-corrected chi connectivity index (χ3v) is 5.38. The number of hydrogen-bond donors (Lipinski definition) is 0. The number of fused-ring (bicyclic) bond motifs is 1. The van der Waals surface area contributed by atoms with Gasteiger partial charge in [0.15, 0.2) is 5.82 Å². The van der Waals surface area contributed by atoms with Gasteiger partial charge in [0.25, 0.3) is 0 Å². The Hall–Kier alpha value is -2.21. The second kappa shape index (κ2) is 6.96. The maximum atomic E-state index is 11.9. The summed E-state index contributed by atoms with van der Waals surface area (Å²) >= 11 is 0. The first-order valence-electron chi connectivity index (χ1n) is 8.94. The van der Waals surface area contributed by atoms with Crippen molar-refractivity contribution in [3.05, 3.63) is 47.5 Å². The van der Waals surface area contributed by atoms with Gasteiger partial charge in [0, 0.05) is 25.5 Å². The summed E-state index contributed by atoms with van der Waals surface area (Å²) in [4.78, 5) is 11.9. The second-order valence-corrected chi connectivity index (χ2v) is 6.77. The van der Waals surface area contributed by atoms with E-state index in [1.54, 1.807) is 0 Å². The summed E-state index contributed by atoms with van der Waals surface area (Å²) in [6.07, 6.45) is 3.18. The van der Waals surface area contributed by atoms with E-state index in [-0.39, 0.29) is 18.0 Å². The van der Waals surface area contributed by atoms with Gasteiger partial charge in [0.2, 0.25) is 0 Å². The summed E-state index contributed by atoms with van der Waals surface area (Å²) in [6, 6.07) is 10.5. The van der Waals surface area contributed by atoms with Crippen molar-refractivity contribution in [3.8, 4) is 0 Å². The first-order chi connectivity index (χ1) is 12.3. The molecule has 3 atom stereocenters. The van der Waals surface area contributed by atoms with Crippen LogP contribution in [0.3, 0.4) is 0 Å². The zero-order chi connectivity index (χ0) is 17.2. The zero-order valence-electron chi connectivity index (χ0n) is 14.4. The van der Waals surface area contributed by atoms with Gasteiger partial charge in [-0.05, 0) is 24.8 Å². The number of aromatic nitrogens is 3. The molecule has 6 heteroatoms. The van der Waals surface area contributed by atoms with Crippen molar-refractivity contribution in [3.63, 3.8) is 0 Å². The van der Waals surface area contributed by atoms with Gasteiger partial charge in [-0.25, -0.2) is 0 Å². The Balaban J connectivity index is 1.59. The highest BCUT2D eigenvalue weighted by atomic mass is 16.5. The number of carbonyl (C=O) groups is 1. The number of esters is 1. The van der Waals surface area contributed by atoms with Gasteiger partial charge in [0.1, 0.15) is 11.9 Å². The average Bonchev–Trinajstić information content (AvgIpc) is 3.23. The Kier molecular flexibility index (Phi) is 4.53. The molecule has 0 radical (unpaired) electrons. The molecule has 0 spiro atoms. The number of carbonyl (C=O) groups excluding carboxylic acids is 1. The molecule has 4 rings (SSSR count). The van der Waals surface area contributed by atoms with Crippen LogP contribution in [0.4, 0.5) is 0 Å². The molecule has 25 heavy (non-hydrogen) atoms. The molecule has 3 heterocycles. The lowest BCUT2D eigenvalue weighted by Gasteiger charge is -2.19. The molecule has 0 N–H and O–H groups in total. The quantitative estimate of drug-likeness (QED) is 0.803. The largest absolute Gasteiger partial charge is 0.469 e. The first kappa shape index (κ1) is 16.3. The molecule has 2 aliphatic heterocycles. The van der Waals surface area contributed by atoms with Crippen LogP contribution >= 0.6 is 0 Å². The molecule has 1 unspecified atom stereocenters. The third-order valence-electron chi connectivity index (χ3n) is 5.38. The molecule has 0 saturated carbocycles. The minimum atomic E-state index is -0.125. The molecule has 0 aliphatic carbocycles. The summed E-state index contributed by atoms with van der Waals surface area (Å²) in [5.41, 5.74) is 1.28. The Morgan fingerprint density at radius 1 is 1.20 bits per heavy atom. The predicted octanol–water partition coefficient (Wildman–Crippen LogP) is 2.65. The molecule has 1 fully saturated rings. The van der Waals surface area contributed by atoms with E-state index in [1.165, 1.54) is 12.7 Å². The predicted molar refractivity (Wildman–Crippen MR) is 91.0 cm³/mol. The van der Waals surface area contributed by atoms with Crippen LogP contribution in [0.2, 0.25) is 0 Å². The molecule has 1 aromatic heterocycles. The number of nitrogens with zero attached hydrogens (tertiary/aromatic N) is 3. The summed E-state index contributed by atoms with van der Waals surface area (Å²) in [7, 11) is 1.45. The molecular formula is C19H23N3O3. The molecule has 6 nitrogen and oxygen atoms in total. The molecular weight excluding hydrogens is 318 g/mol. The minimum absolute atomic E-state index is 0.0611. The number of hydrogen-bond acceptors (Lipinski definition) is 5. The summed E-state index contributed by atoms with van der Waals surface area (Å²) in [5.74, 6) is 1.96. The third kappa shape index (κ3) is 3.06. The SMILES string of the molecule is COC(=O)C1CCc2nnc([C@H]3OCC[C@H]3c3ccccc3)n2CC1. The van der Waals surface area contributed by atoms with Gasteiger partial charge >= 0.3 is 5.97 Å². The average molecular weight is 341 g/mol. The van der Waals surface area contributed by atoms with E-state index in [0.29, 0.717) is 5.92 Å². The second-order valence-electron chi connectivity index (χ2n) is 6.77. The van der Waals surface area contributed by atoms with E-state index < -0.39 is 0 Å². The van der Waals surface area contributed by atoms with Crippen LogP contribution < -0.4 is 0 Å². The molecule has 0 bridgehead atoms.